The molecule has 0 saturated heterocycles. The van der Waals surface area contributed by atoms with Gasteiger partial charge in [0.25, 0.3) is 13.4 Å². The Kier molecular flexibility index (Phi) is 9.41. The van der Waals surface area contributed by atoms with Gasteiger partial charge >= 0.3 is 0 Å². The zero-order valence-corrected chi connectivity index (χ0v) is 42.8. The van der Waals surface area contributed by atoms with Gasteiger partial charge in [-0.2, -0.15) is 0 Å². The second kappa shape index (κ2) is 16.4. The molecule has 0 unspecified atom stereocenters. The molecule has 11 aromatic carbocycles. The van der Waals surface area contributed by atoms with E-state index < -0.39 is 0 Å². The lowest BCUT2D eigenvalue weighted by atomic mass is 9.32. The van der Waals surface area contributed by atoms with E-state index in [-0.39, 0.29) is 18.8 Å². The van der Waals surface area contributed by atoms with Gasteiger partial charge in [-0.05, 0) is 153 Å². The summed E-state index contributed by atoms with van der Waals surface area (Å²) in [4.78, 5) is 9.81. The predicted molar refractivity (Wildman–Crippen MR) is 314 cm³/mol. The summed E-state index contributed by atoms with van der Waals surface area (Å²) in [5, 5.41) is 2.23. The molecule has 0 fully saturated rings. The van der Waals surface area contributed by atoms with Crippen LogP contribution in [-0.2, 0) is 5.41 Å². The van der Waals surface area contributed by atoms with E-state index in [0.717, 1.165) is 67.9 Å². The van der Waals surface area contributed by atoms with Gasteiger partial charge in [0.1, 0.15) is 23.0 Å². The molecule has 16 rings (SSSR count). The Morgan fingerprint density at radius 2 is 0.907 bits per heavy atom. The maximum Gasteiger partial charge on any atom is 0.253 e. The third kappa shape index (κ3) is 6.43. The van der Waals surface area contributed by atoms with E-state index in [2.05, 4.69) is 254 Å². The number of benzene rings is 11. The van der Waals surface area contributed by atoms with Crippen molar-refractivity contribution in [3.8, 4) is 34.1 Å². The summed E-state index contributed by atoms with van der Waals surface area (Å²) in [5.41, 5.74) is 19.1. The van der Waals surface area contributed by atoms with Crippen LogP contribution in [0.2, 0.25) is 0 Å². The van der Waals surface area contributed by atoms with Crippen LogP contribution < -0.4 is 52.1 Å². The number of hydrogen-bond donors (Lipinski definition) is 0. The predicted octanol–water partition coefficient (Wildman–Crippen LogP) is 14.3. The summed E-state index contributed by atoms with van der Waals surface area (Å²) >= 11 is 3.77. The molecule has 0 bridgehead atoms. The molecule has 1 aliphatic carbocycles. The van der Waals surface area contributed by atoms with Crippen LogP contribution >= 0.6 is 23.5 Å². The third-order valence-electron chi connectivity index (χ3n) is 16.2. The van der Waals surface area contributed by atoms with Gasteiger partial charge in [0, 0.05) is 70.6 Å². The van der Waals surface area contributed by atoms with Crippen LogP contribution in [-0.4, -0.2) is 13.4 Å². The molecule has 0 radical (unpaired) electrons. The fraction of sp³-hybridized carbons (Fsp3) is 0.0448. The molecule has 11 aromatic rings. The summed E-state index contributed by atoms with van der Waals surface area (Å²) < 4.78 is 14.7. The second-order valence-corrected chi connectivity index (χ2v) is 22.8. The third-order valence-corrected chi connectivity index (χ3v) is 18.6. The van der Waals surface area contributed by atoms with Crippen molar-refractivity contribution in [2.45, 2.75) is 38.8 Å². The summed E-state index contributed by atoms with van der Waals surface area (Å²) in [6.07, 6.45) is 0. The Morgan fingerprint density at radius 3 is 1.52 bits per heavy atom. The molecule has 4 nitrogen and oxygen atoms in total. The molecule has 8 heteroatoms. The van der Waals surface area contributed by atoms with E-state index in [4.69, 9.17) is 9.47 Å². The molecule has 0 saturated carbocycles. The largest absolute Gasteiger partial charge is 0.458 e. The highest BCUT2D eigenvalue weighted by Gasteiger charge is 2.48. The lowest BCUT2D eigenvalue weighted by molar-refractivity contribution is 0.467. The number of rotatable bonds is 6. The minimum atomic E-state index is -0.299. The van der Waals surface area contributed by atoms with Crippen LogP contribution in [0.15, 0.2) is 250 Å². The first-order valence-corrected chi connectivity index (χ1v) is 27.4. The quantitative estimate of drug-likeness (QED) is 0.154. The molecular formula is C67H44B2N2O2S2. The molecule has 5 aliphatic rings. The monoisotopic (exact) mass is 994 g/mol. The minimum Gasteiger partial charge on any atom is -0.458 e. The van der Waals surface area contributed by atoms with Crippen molar-refractivity contribution in [1.82, 2.24) is 0 Å². The van der Waals surface area contributed by atoms with Gasteiger partial charge in [-0.3, -0.25) is 0 Å². The highest BCUT2D eigenvalue weighted by molar-refractivity contribution is 8.00. The van der Waals surface area contributed by atoms with Gasteiger partial charge < -0.3 is 19.3 Å². The van der Waals surface area contributed by atoms with Gasteiger partial charge in [0.15, 0.2) is 0 Å². The SMILES string of the molecule is CC1(C)c2cc(N(c3ccccc3)c3ccccc3)ccc2-c2cc3c4c(c21)Sc1ccccc1B4c1cc2c(cc1O3)Oc1c3c(cc4cc(N(c5ccccc5)c5ccccc5)ccc14)Sc1ccccc1B23. The van der Waals surface area contributed by atoms with E-state index >= 15 is 0 Å². The lowest BCUT2D eigenvalue weighted by Crippen LogP contribution is -2.62. The minimum absolute atomic E-state index is 0.0289. The van der Waals surface area contributed by atoms with Crippen molar-refractivity contribution in [2.75, 3.05) is 9.80 Å². The van der Waals surface area contributed by atoms with E-state index in [0.29, 0.717) is 0 Å². The van der Waals surface area contributed by atoms with Crippen LogP contribution in [0.4, 0.5) is 34.1 Å². The first-order valence-electron chi connectivity index (χ1n) is 25.8. The van der Waals surface area contributed by atoms with E-state index in [1.54, 1.807) is 0 Å². The number of nitrogens with zero attached hydrogens (tertiary/aromatic N) is 2. The fourth-order valence-electron chi connectivity index (χ4n) is 12.9. The highest BCUT2D eigenvalue weighted by Crippen LogP contribution is 2.56. The molecule has 352 valence electrons. The van der Waals surface area contributed by atoms with Crippen molar-refractivity contribution in [1.29, 1.82) is 0 Å². The van der Waals surface area contributed by atoms with Crippen molar-refractivity contribution in [2.24, 2.45) is 0 Å². The van der Waals surface area contributed by atoms with Crippen LogP contribution in [0.25, 0.3) is 21.9 Å². The highest BCUT2D eigenvalue weighted by atomic mass is 32.2. The second-order valence-electron chi connectivity index (χ2n) is 20.7. The molecule has 0 N–H and O–H groups in total. The fourth-order valence-corrected chi connectivity index (χ4v) is 15.6. The van der Waals surface area contributed by atoms with E-state index in [1.807, 2.05) is 23.5 Å². The summed E-state index contributed by atoms with van der Waals surface area (Å²) in [6, 6.07) is 84.0. The van der Waals surface area contributed by atoms with Crippen LogP contribution in [0.3, 0.4) is 0 Å². The topological polar surface area (TPSA) is 24.9 Å². The standard InChI is InChI=1S/C67H44B2N2O2S2/c1-67(2)51-37-47(71(44-23-11-5-12-24-44)45-25-13-6-14-26-45)32-34-49(51)50-38-58-63-66(62(50)67)75-60-30-18-16-28-53(60)68(63)54-39-55-57(40-56(54)72-58)73-65-48-33-31-46(70(42-19-7-3-8-20-42)43-21-9-4-10-22-43)35-41(48)36-61-64(65)69(55)52-27-15-17-29-59(52)74-61/h3-40H,1-2H3. The smallest absolute Gasteiger partial charge is 0.253 e. The number of ether oxygens (including phenoxy) is 2. The molecule has 0 atom stereocenters. The molecule has 75 heavy (non-hydrogen) atoms. The van der Waals surface area contributed by atoms with Crippen molar-refractivity contribution in [3.63, 3.8) is 0 Å². The van der Waals surface area contributed by atoms with Crippen LogP contribution in [0, 0.1) is 0 Å². The normalized spacial score (nSPS) is 14.2. The molecular weight excluding hydrogens is 951 g/mol. The van der Waals surface area contributed by atoms with Crippen LogP contribution in [0.5, 0.6) is 23.0 Å². The van der Waals surface area contributed by atoms with Crippen molar-refractivity contribution < 1.29 is 9.47 Å². The van der Waals surface area contributed by atoms with Crippen molar-refractivity contribution in [3.05, 3.63) is 242 Å². The summed E-state index contributed by atoms with van der Waals surface area (Å²) in [5.74, 6) is 3.53. The molecule has 4 aliphatic heterocycles. The number of para-hydroxylation sites is 4. The van der Waals surface area contributed by atoms with E-state index in [9.17, 15) is 0 Å². The molecule has 4 heterocycles. The average molecular weight is 995 g/mol. The van der Waals surface area contributed by atoms with Crippen molar-refractivity contribution >= 4 is 115 Å². The summed E-state index contributed by atoms with van der Waals surface area (Å²) in [7, 11) is 0. The Labute approximate surface area is 445 Å². The number of fused-ring (bicyclic) bond motifs is 14. The Balaban J connectivity index is 0.858. The summed E-state index contributed by atoms with van der Waals surface area (Å²) in [6.45, 7) is 4.78. The van der Waals surface area contributed by atoms with Gasteiger partial charge in [0.2, 0.25) is 0 Å². The average Bonchev–Trinajstić information content (AvgIpc) is 3.83. The van der Waals surface area contributed by atoms with Gasteiger partial charge in [-0.15, -0.1) is 0 Å². The number of hydrogen-bond acceptors (Lipinski definition) is 6. The molecule has 0 aromatic heterocycles. The maximum absolute atomic E-state index is 7.38. The van der Waals surface area contributed by atoms with Gasteiger partial charge in [-0.25, -0.2) is 0 Å². The first kappa shape index (κ1) is 43.1. The Hall–Kier alpha value is -8.29. The Morgan fingerprint density at radius 1 is 0.387 bits per heavy atom. The van der Waals surface area contributed by atoms with Crippen LogP contribution in [0.1, 0.15) is 25.0 Å². The first-order chi connectivity index (χ1) is 36.9. The zero-order chi connectivity index (χ0) is 49.5. The maximum atomic E-state index is 7.38. The van der Waals surface area contributed by atoms with E-state index in [1.165, 1.54) is 74.6 Å². The molecule has 0 amide bonds. The lowest BCUT2D eigenvalue weighted by Gasteiger charge is -2.38. The Bertz CT molecular complexity index is 4110. The molecule has 0 spiro atoms. The number of anilines is 6. The zero-order valence-electron chi connectivity index (χ0n) is 41.1. The van der Waals surface area contributed by atoms with Gasteiger partial charge in [-0.1, -0.05) is 170 Å². The van der Waals surface area contributed by atoms with Gasteiger partial charge in [0.05, 0.1) is 0 Å².